The molecular weight excluding hydrogens is 262 g/mol. The van der Waals surface area contributed by atoms with Crippen LogP contribution in [0.15, 0.2) is 41.3 Å². The predicted octanol–water partition coefficient (Wildman–Crippen LogP) is 3.53. The first kappa shape index (κ1) is 13.2. The molecule has 2 nitrogen and oxygen atoms in total. The van der Waals surface area contributed by atoms with Crippen molar-refractivity contribution < 1.29 is 4.79 Å². The number of carbonyl (C=O) groups excluding carboxylic acids is 1. The lowest BCUT2D eigenvalue weighted by molar-refractivity contribution is 0.0951. The maximum Gasteiger partial charge on any atom is 0.251 e. The van der Waals surface area contributed by atoms with E-state index in [-0.39, 0.29) is 5.91 Å². The summed E-state index contributed by atoms with van der Waals surface area (Å²) in [6.07, 6.45) is 1.04. The topological polar surface area (TPSA) is 29.1 Å². The van der Waals surface area contributed by atoms with Crippen molar-refractivity contribution >= 4 is 29.9 Å². The number of carbonyl (C=O) groups is 1. The molecule has 0 aliphatic rings. The van der Waals surface area contributed by atoms with Crippen molar-refractivity contribution in [3.05, 3.63) is 51.7 Å². The number of hydrogen-bond acceptors (Lipinski definition) is 3. The van der Waals surface area contributed by atoms with Gasteiger partial charge in [0.15, 0.2) is 0 Å². The second-order valence-electron chi connectivity index (χ2n) is 3.95. The third-order valence-electron chi connectivity index (χ3n) is 2.60. The van der Waals surface area contributed by atoms with Crippen LogP contribution in [-0.4, -0.2) is 5.91 Å². The summed E-state index contributed by atoms with van der Waals surface area (Å²) in [6.45, 7) is 2.71. The van der Waals surface area contributed by atoms with E-state index in [0.717, 1.165) is 11.3 Å². The van der Waals surface area contributed by atoms with E-state index in [1.807, 2.05) is 12.1 Å². The van der Waals surface area contributed by atoms with Gasteiger partial charge in [0.1, 0.15) is 0 Å². The molecule has 0 unspecified atom stereocenters. The fourth-order valence-electron chi connectivity index (χ4n) is 1.62. The Hall–Kier alpha value is -1.26. The van der Waals surface area contributed by atoms with Crippen LogP contribution >= 0.6 is 24.0 Å². The van der Waals surface area contributed by atoms with E-state index in [4.69, 9.17) is 0 Å². The molecule has 1 heterocycles. The number of rotatable bonds is 4. The van der Waals surface area contributed by atoms with Crippen LogP contribution in [0.25, 0.3) is 0 Å². The van der Waals surface area contributed by atoms with Crippen LogP contribution in [0.2, 0.25) is 0 Å². The van der Waals surface area contributed by atoms with Crippen LogP contribution in [-0.2, 0) is 13.0 Å². The predicted molar refractivity (Wildman–Crippen MR) is 78.6 cm³/mol. The largest absolute Gasteiger partial charge is 0.347 e. The van der Waals surface area contributed by atoms with Gasteiger partial charge in [-0.15, -0.1) is 24.0 Å². The molecule has 1 amide bonds. The Morgan fingerprint density at radius 2 is 2.06 bits per heavy atom. The standard InChI is InChI=1S/C14H15NOS2/c1-2-12-6-7-13(18-12)9-15-14(16)10-4-3-5-11(17)8-10/h3-8,17H,2,9H2,1H3,(H,15,16). The zero-order valence-corrected chi connectivity index (χ0v) is 11.9. The molecular formula is C14H15NOS2. The molecule has 18 heavy (non-hydrogen) atoms. The third-order valence-corrected chi connectivity index (χ3v) is 4.11. The van der Waals surface area contributed by atoms with Gasteiger partial charge in [-0.05, 0) is 36.8 Å². The Labute approximate surface area is 116 Å². The highest BCUT2D eigenvalue weighted by Gasteiger charge is 2.06. The molecule has 0 atom stereocenters. The first-order valence-electron chi connectivity index (χ1n) is 5.84. The third kappa shape index (κ3) is 3.37. The zero-order valence-electron chi connectivity index (χ0n) is 10.1. The van der Waals surface area contributed by atoms with Gasteiger partial charge >= 0.3 is 0 Å². The highest BCUT2D eigenvalue weighted by molar-refractivity contribution is 7.80. The monoisotopic (exact) mass is 277 g/mol. The molecule has 0 aliphatic heterocycles. The van der Waals surface area contributed by atoms with Gasteiger partial charge in [0, 0.05) is 20.2 Å². The average molecular weight is 277 g/mol. The van der Waals surface area contributed by atoms with E-state index in [1.165, 1.54) is 9.75 Å². The molecule has 1 aromatic carbocycles. The minimum Gasteiger partial charge on any atom is -0.347 e. The van der Waals surface area contributed by atoms with Crippen molar-refractivity contribution in [3.63, 3.8) is 0 Å². The van der Waals surface area contributed by atoms with Crippen molar-refractivity contribution in [3.8, 4) is 0 Å². The number of aryl methyl sites for hydroxylation is 1. The van der Waals surface area contributed by atoms with Crippen LogP contribution in [0, 0.1) is 0 Å². The summed E-state index contributed by atoms with van der Waals surface area (Å²) in [5.74, 6) is -0.0580. The van der Waals surface area contributed by atoms with E-state index in [9.17, 15) is 4.79 Å². The molecule has 0 bridgehead atoms. The van der Waals surface area contributed by atoms with Crippen LogP contribution in [0.1, 0.15) is 27.0 Å². The molecule has 0 aliphatic carbocycles. The highest BCUT2D eigenvalue weighted by atomic mass is 32.1. The van der Waals surface area contributed by atoms with E-state index in [1.54, 1.807) is 23.5 Å². The number of benzene rings is 1. The maximum atomic E-state index is 11.9. The summed E-state index contributed by atoms with van der Waals surface area (Å²) in [5.41, 5.74) is 0.648. The van der Waals surface area contributed by atoms with E-state index < -0.39 is 0 Å². The molecule has 0 radical (unpaired) electrons. The highest BCUT2D eigenvalue weighted by Crippen LogP contribution is 2.16. The molecule has 2 aromatic rings. The van der Waals surface area contributed by atoms with Crippen LogP contribution < -0.4 is 5.32 Å². The summed E-state index contributed by atoms with van der Waals surface area (Å²) in [6, 6.07) is 11.4. The zero-order chi connectivity index (χ0) is 13.0. The lowest BCUT2D eigenvalue weighted by Gasteiger charge is -2.04. The summed E-state index contributed by atoms with van der Waals surface area (Å²) >= 11 is 5.97. The maximum absolute atomic E-state index is 11.9. The number of thiophene rings is 1. The van der Waals surface area contributed by atoms with Crippen molar-refractivity contribution in [1.82, 2.24) is 5.32 Å². The van der Waals surface area contributed by atoms with Gasteiger partial charge in [0.05, 0.1) is 6.54 Å². The van der Waals surface area contributed by atoms with Crippen molar-refractivity contribution in [1.29, 1.82) is 0 Å². The first-order valence-corrected chi connectivity index (χ1v) is 7.10. The molecule has 2 rings (SSSR count). The van der Waals surface area contributed by atoms with E-state index >= 15 is 0 Å². The van der Waals surface area contributed by atoms with Crippen molar-refractivity contribution in [2.24, 2.45) is 0 Å². The Kier molecular flexibility index (Phi) is 4.44. The summed E-state index contributed by atoms with van der Waals surface area (Å²) in [4.78, 5) is 15.2. The van der Waals surface area contributed by atoms with Gasteiger partial charge < -0.3 is 5.32 Å². The van der Waals surface area contributed by atoms with Gasteiger partial charge in [-0.25, -0.2) is 0 Å². The molecule has 0 saturated carbocycles. The van der Waals surface area contributed by atoms with Crippen LogP contribution in [0.5, 0.6) is 0 Å². The van der Waals surface area contributed by atoms with Gasteiger partial charge in [-0.3, -0.25) is 4.79 Å². The van der Waals surface area contributed by atoms with Crippen molar-refractivity contribution in [2.75, 3.05) is 0 Å². The minimum absolute atomic E-state index is 0.0580. The lowest BCUT2D eigenvalue weighted by Crippen LogP contribution is -2.22. The molecule has 0 saturated heterocycles. The molecule has 1 aromatic heterocycles. The van der Waals surface area contributed by atoms with Gasteiger partial charge in [0.2, 0.25) is 0 Å². The fourth-order valence-corrected chi connectivity index (χ4v) is 2.75. The van der Waals surface area contributed by atoms with Crippen molar-refractivity contribution in [2.45, 2.75) is 24.8 Å². The molecule has 1 N–H and O–H groups in total. The number of thiol groups is 1. The normalized spacial score (nSPS) is 10.3. The molecule has 0 fully saturated rings. The number of nitrogens with one attached hydrogen (secondary N) is 1. The quantitative estimate of drug-likeness (QED) is 0.823. The second kappa shape index (κ2) is 6.07. The molecule has 94 valence electrons. The molecule has 0 spiro atoms. The number of amides is 1. The Morgan fingerprint density at radius 3 is 2.72 bits per heavy atom. The Morgan fingerprint density at radius 1 is 1.28 bits per heavy atom. The second-order valence-corrected chi connectivity index (χ2v) is 5.72. The fraction of sp³-hybridized carbons (Fsp3) is 0.214. The summed E-state index contributed by atoms with van der Waals surface area (Å²) < 4.78 is 0. The van der Waals surface area contributed by atoms with Gasteiger partial charge in [0.25, 0.3) is 5.91 Å². The Balaban J connectivity index is 1.96. The Bertz CT molecular complexity index is 548. The summed E-state index contributed by atoms with van der Waals surface area (Å²) in [7, 11) is 0. The van der Waals surface area contributed by atoms with Crippen LogP contribution in [0.4, 0.5) is 0 Å². The first-order chi connectivity index (χ1) is 8.69. The van der Waals surface area contributed by atoms with E-state index in [2.05, 4.69) is 37.0 Å². The minimum atomic E-state index is -0.0580. The smallest absolute Gasteiger partial charge is 0.251 e. The van der Waals surface area contributed by atoms with Gasteiger partial charge in [-0.1, -0.05) is 13.0 Å². The summed E-state index contributed by atoms with van der Waals surface area (Å²) in [5, 5.41) is 2.92. The van der Waals surface area contributed by atoms with Gasteiger partial charge in [-0.2, -0.15) is 0 Å². The molecule has 4 heteroatoms. The SMILES string of the molecule is CCc1ccc(CNC(=O)c2cccc(S)c2)s1. The lowest BCUT2D eigenvalue weighted by atomic mass is 10.2. The average Bonchev–Trinajstić information content (AvgIpc) is 2.84. The van der Waals surface area contributed by atoms with Crippen LogP contribution in [0.3, 0.4) is 0 Å². The number of hydrogen-bond donors (Lipinski definition) is 2. The van der Waals surface area contributed by atoms with E-state index in [0.29, 0.717) is 12.1 Å².